The fourth-order valence-corrected chi connectivity index (χ4v) is 5.31. The van der Waals surface area contributed by atoms with Crippen LogP contribution in [-0.2, 0) is 9.73 Å². The van der Waals surface area contributed by atoms with E-state index < -0.39 is 9.73 Å². The number of benzene rings is 2. The van der Waals surface area contributed by atoms with E-state index in [-0.39, 0.29) is 11.2 Å². The molecule has 1 aliphatic carbocycles. The average Bonchev–Trinajstić information content (AvgIpc) is 3.40. The van der Waals surface area contributed by atoms with Gasteiger partial charge in [-0.15, -0.1) is 11.3 Å². The number of anilines is 2. The third-order valence-corrected chi connectivity index (χ3v) is 7.87. The monoisotopic (exact) mass is 397 g/mol. The molecule has 1 fully saturated rings. The van der Waals surface area contributed by atoms with Gasteiger partial charge in [0, 0.05) is 20.6 Å². The second kappa shape index (κ2) is 6.83. The Bertz CT molecular complexity index is 1080. The Balaban J connectivity index is 1.55. The van der Waals surface area contributed by atoms with Crippen LogP contribution in [0.5, 0.6) is 0 Å². The molecule has 1 amide bonds. The van der Waals surface area contributed by atoms with Gasteiger partial charge in [-0.3, -0.25) is 4.79 Å². The smallest absolute Gasteiger partial charge is 0.255 e. The molecule has 138 valence electrons. The van der Waals surface area contributed by atoms with Crippen LogP contribution in [0, 0.1) is 4.78 Å². The van der Waals surface area contributed by atoms with Crippen LogP contribution in [0.2, 0.25) is 0 Å². The molecule has 1 saturated carbocycles. The van der Waals surface area contributed by atoms with Crippen LogP contribution in [-0.4, -0.2) is 15.4 Å². The first kappa shape index (κ1) is 17.8. The molecule has 1 heterocycles. The van der Waals surface area contributed by atoms with Crippen molar-refractivity contribution >= 4 is 38.3 Å². The molecule has 1 aliphatic rings. The summed E-state index contributed by atoms with van der Waals surface area (Å²) in [5.74, 6) is -0.292. The third-order valence-electron chi connectivity index (χ3n) is 4.57. The minimum atomic E-state index is -2.76. The molecule has 4 rings (SSSR count). The topological polar surface area (TPSA) is 96.0 Å². The second-order valence-corrected chi connectivity index (χ2v) is 9.84. The van der Waals surface area contributed by atoms with Gasteiger partial charge in [-0.25, -0.2) is 8.99 Å². The number of carbonyl (C=O) groups excluding carboxylic acids is 1. The van der Waals surface area contributed by atoms with E-state index in [0.717, 1.165) is 23.3 Å². The zero-order valence-corrected chi connectivity index (χ0v) is 16.1. The van der Waals surface area contributed by atoms with Gasteiger partial charge >= 0.3 is 0 Å². The van der Waals surface area contributed by atoms with Crippen LogP contribution in [0.3, 0.4) is 0 Å². The summed E-state index contributed by atoms with van der Waals surface area (Å²) in [4.78, 5) is 14.2. The predicted molar refractivity (Wildman–Crippen MR) is 111 cm³/mol. The van der Waals surface area contributed by atoms with Crippen molar-refractivity contribution in [1.82, 2.24) is 0 Å². The van der Waals surface area contributed by atoms with Crippen molar-refractivity contribution < 1.29 is 9.00 Å². The molecule has 1 aromatic heterocycles. The number of amides is 1. The van der Waals surface area contributed by atoms with Crippen LogP contribution in [0.1, 0.15) is 23.2 Å². The minimum Gasteiger partial charge on any atom is -0.397 e. The number of nitrogens with one attached hydrogen (secondary N) is 2. The lowest BCUT2D eigenvalue weighted by Gasteiger charge is -2.11. The molecule has 0 bridgehead atoms. The summed E-state index contributed by atoms with van der Waals surface area (Å²) in [6.07, 6.45) is 1.68. The molecule has 1 atom stereocenters. The highest BCUT2D eigenvalue weighted by atomic mass is 32.2. The Morgan fingerprint density at radius 1 is 1.15 bits per heavy atom. The van der Waals surface area contributed by atoms with E-state index in [0.29, 0.717) is 21.8 Å². The van der Waals surface area contributed by atoms with Gasteiger partial charge in [0.25, 0.3) is 5.91 Å². The number of carbonyl (C=O) groups is 1. The van der Waals surface area contributed by atoms with Gasteiger partial charge in [0.2, 0.25) is 0 Å². The lowest BCUT2D eigenvalue weighted by molar-refractivity contribution is 0.102. The molecule has 0 aliphatic heterocycles. The lowest BCUT2D eigenvalue weighted by Crippen LogP contribution is -2.13. The quantitative estimate of drug-likeness (QED) is 0.539. The Morgan fingerprint density at radius 3 is 2.52 bits per heavy atom. The van der Waals surface area contributed by atoms with Crippen molar-refractivity contribution in [3.8, 4) is 10.4 Å². The molecule has 5 nitrogen and oxygen atoms in total. The number of rotatable bonds is 5. The second-order valence-electron chi connectivity index (χ2n) is 6.56. The average molecular weight is 398 g/mol. The number of nitrogen functional groups attached to an aromatic ring is 1. The first-order chi connectivity index (χ1) is 12.9. The van der Waals surface area contributed by atoms with Crippen LogP contribution < -0.4 is 11.1 Å². The van der Waals surface area contributed by atoms with Crippen molar-refractivity contribution in [2.24, 2.45) is 0 Å². The van der Waals surface area contributed by atoms with E-state index in [2.05, 4.69) is 5.32 Å². The molecule has 2 aromatic carbocycles. The summed E-state index contributed by atoms with van der Waals surface area (Å²) < 4.78 is 20.5. The first-order valence-electron chi connectivity index (χ1n) is 8.57. The van der Waals surface area contributed by atoms with E-state index in [1.807, 2.05) is 29.6 Å². The maximum Gasteiger partial charge on any atom is 0.255 e. The molecule has 3 aromatic rings. The fourth-order valence-electron chi connectivity index (χ4n) is 2.86. The van der Waals surface area contributed by atoms with Gasteiger partial charge in [-0.2, -0.15) is 0 Å². The highest BCUT2D eigenvalue weighted by Crippen LogP contribution is 2.34. The number of nitrogens with two attached hydrogens (primary N) is 1. The van der Waals surface area contributed by atoms with Crippen LogP contribution >= 0.6 is 11.3 Å². The van der Waals surface area contributed by atoms with Crippen molar-refractivity contribution in [1.29, 1.82) is 4.78 Å². The molecule has 0 radical (unpaired) electrons. The third kappa shape index (κ3) is 3.61. The van der Waals surface area contributed by atoms with E-state index in [1.165, 1.54) is 0 Å². The highest BCUT2D eigenvalue weighted by molar-refractivity contribution is 7.93. The Kier molecular flexibility index (Phi) is 4.49. The van der Waals surface area contributed by atoms with Gasteiger partial charge in [0.15, 0.2) is 0 Å². The fraction of sp³-hybridized carbons (Fsp3) is 0.150. The number of hydrogen-bond acceptors (Lipinski definition) is 5. The lowest BCUT2D eigenvalue weighted by atomic mass is 10.1. The Hall–Kier alpha value is -2.64. The summed E-state index contributed by atoms with van der Waals surface area (Å²) in [7, 11) is -2.76. The Labute approximate surface area is 162 Å². The Morgan fingerprint density at radius 2 is 1.89 bits per heavy atom. The SMILES string of the molecule is N=[S@@](=O)(c1ccc(C(=O)Nc2cc(-c3cccs3)ccc2N)cc1)C1CC1. The van der Waals surface area contributed by atoms with Gasteiger partial charge in [0.05, 0.1) is 21.1 Å². The normalized spacial score (nSPS) is 15.9. The van der Waals surface area contributed by atoms with Gasteiger partial charge < -0.3 is 11.1 Å². The maximum atomic E-state index is 12.6. The summed E-state index contributed by atoms with van der Waals surface area (Å²) in [5, 5.41) is 4.80. The van der Waals surface area contributed by atoms with Crippen LogP contribution in [0.15, 0.2) is 64.9 Å². The highest BCUT2D eigenvalue weighted by Gasteiger charge is 2.33. The van der Waals surface area contributed by atoms with Crippen molar-refractivity contribution in [2.75, 3.05) is 11.1 Å². The summed E-state index contributed by atoms with van der Waals surface area (Å²) in [6, 6.07) is 16.0. The van der Waals surface area contributed by atoms with E-state index >= 15 is 0 Å². The predicted octanol–water partition coefficient (Wildman–Crippen LogP) is 4.82. The molecule has 4 N–H and O–H groups in total. The largest absolute Gasteiger partial charge is 0.397 e. The summed E-state index contributed by atoms with van der Waals surface area (Å²) in [6.45, 7) is 0. The molecule has 0 saturated heterocycles. The maximum absolute atomic E-state index is 12.6. The van der Waals surface area contributed by atoms with Gasteiger partial charge in [-0.1, -0.05) is 12.1 Å². The summed E-state index contributed by atoms with van der Waals surface area (Å²) in [5.41, 5.74) is 8.48. The number of thiophene rings is 1. The molecular weight excluding hydrogens is 378 g/mol. The molecule has 27 heavy (non-hydrogen) atoms. The minimum absolute atomic E-state index is 0.0445. The van der Waals surface area contributed by atoms with Crippen molar-refractivity contribution in [2.45, 2.75) is 23.0 Å². The van der Waals surface area contributed by atoms with Gasteiger partial charge in [0.1, 0.15) is 0 Å². The molecule has 0 unspecified atom stereocenters. The molecule has 7 heteroatoms. The first-order valence-corrected chi connectivity index (χ1v) is 11.1. The number of hydrogen-bond donors (Lipinski definition) is 3. The summed E-state index contributed by atoms with van der Waals surface area (Å²) >= 11 is 1.62. The standard InChI is InChI=1S/C20H19N3O2S2/c21-17-10-5-14(19-2-1-11-26-19)12-18(17)23-20(24)13-3-6-15(7-4-13)27(22,25)16-8-9-16/h1-7,10-12,16,22H,8-9,21H2,(H,23,24)/t27-/m1/s1. The van der Waals surface area contributed by atoms with Crippen LogP contribution in [0.25, 0.3) is 10.4 Å². The molecular formula is C20H19N3O2S2. The van der Waals surface area contributed by atoms with E-state index in [1.54, 1.807) is 41.7 Å². The zero-order valence-electron chi connectivity index (χ0n) is 14.5. The zero-order chi connectivity index (χ0) is 19.0. The van der Waals surface area contributed by atoms with Gasteiger partial charge in [-0.05, 0) is 66.2 Å². The molecule has 0 spiro atoms. The van der Waals surface area contributed by atoms with Crippen molar-refractivity contribution in [3.05, 3.63) is 65.5 Å². The van der Waals surface area contributed by atoms with E-state index in [4.69, 9.17) is 10.5 Å². The van der Waals surface area contributed by atoms with Crippen molar-refractivity contribution in [3.63, 3.8) is 0 Å². The van der Waals surface area contributed by atoms with Crippen LogP contribution in [0.4, 0.5) is 11.4 Å². The van der Waals surface area contributed by atoms with E-state index in [9.17, 15) is 9.00 Å².